The third-order valence-electron chi connectivity index (χ3n) is 5.47. The highest BCUT2D eigenvalue weighted by Gasteiger charge is 2.10. The van der Waals surface area contributed by atoms with Crippen LogP contribution in [-0.4, -0.2) is 25.2 Å². The van der Waals surface area contributed by atoms with Crippen LogP contribution < -0.4 is 18.9 Å². The molecular weight excluding hydrogens is 504 g/mol. The van der Waals surface area contributed by atoms with E-state index >= 15 is 0 Å². The van der Waals surface area contributed by atoms with Crippen LogP contribution in [0.1, 0.15) is 31.8 Å². The Hall–Kier alpha value is -5.72. The molecule has 0 atom stereocenters. The minimum atomic E-state index is -0.473. The molecule has 6 nitrogen and oxygen atoms in total. The summed E-state index contributed by atoms with van der Waals surface area (Å²) in [6, 6.07) is 27.4. The van der Waals surface area contributed by atoms with Crippen molar-refractivity contribution < 1.29 is 28.5 Å². The van der Waals surface area contributed by atoms with E-state index in [0.717, 1.165) is 11.1 Å². The van der Waals surface area contributed by atoms with Gasteiger partial charge in [-0.2, -0.15) is 0 Å². The van der Waals surface area contributed by atoms with Gasteiger partial charge in [-0.3, -0.25) is 0 Å². The van der Waals surface area contributed by atoms with E-state index in [1.807, 2.05) is 36.4 Å². The zero-order chi connectivity index (χ0) is 28.2. The molecule has 40 heavy (non-hydrogen) atoms. The molecule has 4 rings (SSSR count). The molecule has 0 spiro atoms. The van der Waals surface area contributed by atoms with Crippen molar-refractivity contribution in [3.8, 4) is 47.7 Å². The van der Waals surface area contributed by atoms with Crippen LogP contribution >= 0.6 is 0 Å². The van der Waals surface area contributed by atoms with Crippen LogP contribution in [0.3, 0.4) is 0 Å². The normalized spacial score (nSPS) is 10.2. The first kappa shape index (κ1) is 27.3. The molecule has 0 N–H and O–H groups in total. The zero-order valence-electron chi connectivity index (χ0n) is 21.4. The summed E-state index contributed by atoms with van der Waals surface area (Å²) in [6.07, 6.45) is 14.2. The van der Waals surface area contributed by atoms with Crippen molar-refractivity contribution in [2.75, 3.05) is 13.2 Å². The largest absolute Gasteiger partial charge is 0.481 e. The Kier molecular flexibility index (Phi) is 9.37. The summed E-state index contributed by atoms with van der Waals surface area (Å²) in [6.45, 7) is 0.319. The van der Waals surface area contributed by atoms with E-state index in [0.29, 0.717) is 34.1 Å². The predicted octanol–water partition coefficient (Wildman–Crippen LogP) is 6.32. The molecule has 0 unspecified atom stereocenters. The maximum Gasteiger partial charge on any atom is 0.343 e. The van der Waals surface area contributed by atoms with Crippen molar-refractivity contribution in [3.63, 3.8) is 0 Å². The summed E-state index contributed by atoms with van der Waals surface area (Å²) in [5, 5.41) is 0. The Morgan fingerprint density at radius 1 is 0.525 bits per heavy atom. The molecule has 196 valence electrons. The number of hydrogen-bond acceptors (Lipinski definition) is 6. The van der Waals surface area contributed by atoms with E-state index in [1.165, 1.54) is 0 Å². The van der Waals surface area contributed by atoms with Gasteiger partial charge in [-0.05, 0) is 83.9 Å². The number of rotatable bonds is 10. The number of hydrogen-bond donors (Lipinski definition) is 0. The Labute approximate surface area is 232 Å². The fourth-order valence-electron chi connectivity index (χ4n) is 3.44. The summed E-state index contributed by atoms with van der Waals surface area (Å²) in [7, 11) is 0. The van der Waals surface area contributed by atoms with E-state index in [1.54, 1.807) is 72.8 Å². The number of carbonyl (C=O) groups excluding carboxylic acids is 2. The highest BCUT2D eigenvalue weighted by Crippen LogP contribution is 2.20. The van der Waals surface area contributed by atoms with Crippen LogP contribution in [-0.2, 0) is 0 Å². The summed E-state index contributed by atoms with van der Waals surface area (Å²) in [5.74, 6) is 5.84. The molecule has 0 fully saturated rings. The van der Waals surface area contributed by atoms with Gasteiger partial charge in [-0.1, -0.05) is 48.3 Å². The van der Waals surface area contributed by atoms with Crippen LogP contribution in [0.4, 0.5) is 0 Å². The third-order valence-corrected chi connectivity index (χ3v) is 5.47. The van der Waals surface area contributed by atoms with Crippen molar-refractivity contribution in [2.24, 2.45) is 0 Å². The minimum absolute atomic E-state index is 0.160. The van der Waals surface area contributed by atoms with Crippen LogP contribution in [0.15, 0.2) is 97.1 Å². The molecule has 0 aliphatic heterocycles. The topological polar surface area (TPSA) is 71.1 Å². The summed E-state index contributed by atoms with van der Waals surface area (Å²) < 4.78 is 21.5. The highest BCUT2D eigenvalue weighted by atomic mass is 16.5. The van der Waals surface area contributed by atoms with Crippen molar-refractivity contribution in [1.82, 2.24) is 0 Å². The Balaban J connectivity index is 1.28. The van der Waals surface area contributed by atoms with Gasteiger partial charge in [0.1, 0.15) is 36.2 Å². The molecule has 0 saturated heterocycles. The van der Waals surface area contributed by atoms with Gasteiger partial charge in [0.2, 0.25) is 0 Å². The van der Waals surface area contributed by atoms with E-state index in [2.05, 4.69) is 11.8 Å². The molecule has 0 radical (unpaired) electrons. The van der Waals surface area contributed by atoms with Crippen LogP contribution in [0.25, 0.3) is 12.2 Å². The van der Waals surface area contributed by atoms with Crippen LogP contribution in [0.5, 0.6) is 23.0 Å². The molecule has 4 aromatic rings. The third kappa shape index (κ3) is 7.89. The molecule has 0 aliphatic carbocycles. The lowest BCUT2D eigenvalue weighted by Crippen LogP contribution is -2.08. The van der Waals surface area contributed by atoms with Gasteiger partial charge >= 0.3 is 11.9 Å². The second kappa shape index (κ2) is 13.7. The molecule has 0 aromatic heterocycles. The average molecular weight is 529 g/mol. The quantitative estimate of drug-likeness (QED) is 0.104. The zero-order valence-corrected chi connectivity index (χ0v) is 21.4. The average Bonchev–Trinajstić information content (AvgIpc) is 3.00. The first-order valence-electron chi connectivity index (χ1n) is 12.2. The first-order valence-corrected chi connectivity index (χ1v) is 12.2. The molecule has 0 aliphatic rings. The molecule has 6 heteroatoms. The lowest BCUT2D eigenvalue weighted by atomic mass is 10.1. The maximum atomic E-state index is 12.4. The minimum Gasteiger partial charge on any atom is -0.481 e. The van der Waals surface area contributed by atoms with Gasteiger partial charge in [0, 0.05) is 0 Å². The van der Waals surface area contributed by atoms with Crippen molar-refractivity contribution >= 4 is 24.1 Å². The predicted molar refractivity (Wildman–Crippen MR) is 153 cm³/mol. The second-order valence-electron chi connectivity index (χ2n) is 8.28. The summed E-state index contributed by atoms with van der Waals surface area (Å²) >= 11 is 0. The van der Waals surface area contributed by atoms with E-state index in [4.69, 9.17) is 31.8 Å². The standard InChI is InChI=1S/C34H24O6/c1-3-23-37-29-19-11-27(12-20-29)33(35)39-31-15-7-25(8-16-31)5-6-26-9-17-32(18-10-26)40-34(36)28-13-21-30(22-14-28)38-24-4-2/h1-2,5-22H,23-24H2/b6-5+. The lowest BCUT2D eigenvalue weighted by Gasteiger charge is -2.06. The molecule has 0 saturated carbocycles. The SMILES string of the molecule is C#CCOc1ccc(C(=O)Oc2ccc(/C=C/c3ccc(OC(=O)c4ccc(OCC#C)cc4)cc3)cc2)cc1. The monoisotopic (exact) mass is 528 g/mol. The van der Waals surface area contributed by atoms with Gasteiger partial charge in [-0.25, -0.2) is 9.59 Å². The molecular formula is C34H24O6. The Morgan fingerprint density at radius 2 is 0.850 bits per heavy atom. The lowest BCUT2D eigenvalue weighted by molar-refractivity contribution is 0.0725. The van der Waals surface area contributed by atoms with Crippen LogP contribution in [0, 0.1) is 24.7 Å². The number of terminal acetylenes is 2. The maximum absolute atomic E-state index is 12.4. The molecule has 4 aromatic carbocycles. The van der Waals surface area contributed by atoms with Crippen molar-refractivity contribution in [1.29, 1.82) is 0 Å². The molecule has 0 amide bonds. The summed E-state index contributed by atoms with van der Waals surface area (Å²) in [4.78, 5) is 24.8. The highest BCUT2D eigenvalue weighted by molar-refractivity contribution is 5.91. The molecule has 0 heterocycles. The van der Waals surface area contributed by atoms with Gasteiger partial charge in [0.25, 0.3) is 0 Å². The number of ether oxygens (including phenoxy) is 4. The van der Waals surface area contributed by atoms with Gasteiger partial charge < -0.3 is 18.9 Å². The fraction of sp³-hybridized carbons (Fsp3) is 0.0588. The van der Waals surface area contributed by atoms with Gasteiger partial charge in [0.15, 0.2) is 0 Å². The van der Waals surface area contributed by atoms with Gasteiger partial charge in [-0.15, -0.1) is 12.8 Å². The van der Waals surface area contributed by atoms with E-state index in [-0.39, 0.29) is 13.2 Å². The van der Waals surface area contributed by atoms with Gasteiger partial charge in [0.05, 0.1) is 11.1 Å². The summed E-state index contributed by atoms with van der Waals surface area (Å²) in [5.41, 5.74) is 2.63. The number of benzene rings is 4. The smallest absolute Gasteiger partial charge is 0.343 e. The Morgan fingerprint density at radius 3 is 1.18 bits per heavy atom. The fourth-order valence-corrected chi connectivity index (χ4v) is 3.44. The van der Waals surface area contributed by atoms with E-state index < -0.39 is 11.9 Å². The first-order chi connectivity index (χ1) is 19.5. The van der Waals surface area contributed by atoms with E-state index in [9.17, 15) is 9.59 Å². The van der Waals surface area contributed by atoms with Crippen LogP contribution in [0.2, 0.25) is 0 Å². The van der Waals surface area contributed by atoms with Crippen molar-refractivity contribution in [3.05, 3.63) is 119 Å². The second-order valence-corrected chi connectivity index (χ2v) is 8.28. The number of esters is 2. The molecule has 0 bridgehead atoms. The number of carbonyl (C=O) groups is 2. The Bertz CT molecular complexity index is 1430. The van der Waals surface area contributed by atoms with Crippen molar-refractivity contribution in [2.45, 2.75) is 0 Å².